The molecule has 2 fully saturated rings. The first-order valence-corrected chi connectivity index (χ1v) is 12.5. The molecule has 0 bridgehead atoms. The molecule has 4 aromatic rings. The number of benzene rings is 1. The molecule has 3 N–H and O–H groups in total. The summed E-state index contributed by atoms with van der Waals surface area (Å²) >= 11 is 0. The Hall–Kier alpha value is -4.18. The summed E-state index contributed by atoms with van der Waals surface area (Å²) in [5.74, 6) is 1.46. The second kappa shape index (κ2) is 8.98. The number of aromatic nitrogens is 5. The Labute approximate surface area is 219 Å². The molecule has 4 heterocycles. The molecule has 0 spiro atoms. The average molecular weight is 514 g/mol. The van der Waals surface area contributed by atoms with Crippen molar-refractivity contribution in [2.45, 2.75) is 32.4 Å². The van der Waals surface area contributed by atoms with Gasteiger partial charge in [-0.1, -0.05) is 0 Å². The van der Waals surface area contributed by atoms with E-state index in [1.807, 2.05) is 30.9 Å². The molecule has 3 atom stereocenters. The number of hydrogen-bond acceptors (Lipinski definition) is 7. The second-order valence-electron chi connectivity index (χ2n) is 10.5. The first-order chi connectivity index (χ1) is 18.2. The van der Waals surface area contributed by atoms with Gasteiger partial charge < -0.3 is 20.4 Å². The van der Waals surface area contributed by atoms with Crippen molar-refractivity contribution in [1.82, 2.24) is 29.8 Å². The number of aryl methyl sites for hydroxylation is 1. The number of H-pyrrole nitrogens is 1. The van der Waals surface area contributed by atoms with E-state index in [4.69, 9.17) is 15.5 Å². The van der Waals surface area contributed by atoms with Crippen molar-refractivity contribution in [3.8, 4) is 28.8 Å². The summed E-state index contributed by atoms with van der Waals surface area (Å²) in [7, 11) is 0. The van der Waals surface area contributed by atoms with Crippen LogP contribution in [0, 0.1) is 24.6 Å². The van der Waals surface area contributed by atoms with Crippen LogP contribution in [0.3, 0.4) is 0 Å². The zero-order valence-electron chi connectivity index (χ0n) is 21.4. The smallest absolute Gasteiger partial charge is 0.272 e. The molecule has 194 valence electrons. The summed E-state index contributed by atoms with van der Waals surface area (Å²) in [6.07, 6.45) is 3.24. The number of piperidine rings is 1. The van der Waals surface area contributed by atoms with E-state index in [9.17, 15) is 9.18 Å². The summed E-state index contributed by atoms with van der Waals surface area (Å²) in [4.78, 5) is 35.7. The molecule has 0 radical (unpaired) electrons. The van der Waals surface area contributed by atoms with Crippen LogP contribution < -0.4 is 10.5 Å². The van der Waals surface area contributed by atoms with Gasteiger partial charge in [-0.3, -0.25) is 4.79 Å². The first-order valence-electron chi connectivity index (χ1n) is 12.5. The van der Waals surface area contributed by atoms with E-state index in [0.29, 0.717) is 47.7 Å². The fourth-order valence-corrected chi connectivity index (χ4v) is 5.01. The SMILES string of the molecule is Cc1nc(-c2ncccn2)[nH]c1C(=O)N1C[C@@H]2C(Oc3cc(C(C)(C)N)cc(-c4ccc(F)cc4)n3)[C@@H]2C1. The molecule has 1 saturated carbocycles. The van der Waals surface area contributed by atoms with Crippen LogP contribution in [0.5, 0.6) is 5.88 Å². The van der Waals surface area contributed by atoms with E-state index >= 15 is 0 Å². The zero-order chi connectivity index (χ0) is 26.6. The van der Waals surface area contributed by atoms with Crippen LogP contribution >= 0.6 is 0 Å². The summed E-state index contributed by atoms with van der Waals surface area (Å²) < 4.78 is 19.8. The highest BCUT2D eigenvalue weighted by Gasteiger charge is 2.59. The van der Waals surface area contributed by atoms with Crippen molar-refractivity contribution in [1.29, 1.82) is 0 Å². The molecule has 9 nitrogen and oxygen atoms in total. The standard InChI is InChI=1S/C28H28FN7O2/c1-15-23(35-26(33-15)25-31-9-4-10-32-25)27(37)36-13-19-20(14-36)24(19)38-22-12-17(28(2,3)30)11-21(34-22)16-5-7-18(29)8-6-16/h4-12,19-20,24H,13-14,30H2,1-3H3,(H,33,35)/t19-,20+,24?. The van der Waals surface area contributed by atoms with Gasteiger partial charge in [-0.2, -0.15) is 0 Å². The predicted octanol–water partition coefficient (Wildman–Crippen LogP) is 3.72. The Bertz CT molecular complexity index is 1490. The molecule has 1 aromatic carbocycles. The van der Waals surface area contributed by atoms with Gasteiger partial charge in [-0.15, -0.1) is 0 Å². The van der Waals surface area contributed by atoms with Gasteiger partial charge in [0.2, 0.25) is 5.88 Å². The summed E-state index contributed by atoms with van der Waals surface area (Å²) in [6, 6.07) is 11.7. The van der Waals surface area contributed by atoms with Gasteiger partial charge in [0.15, 0.2) is 11.6 Å². The lowest BCUT2D eigenvalue weighted by molar-refractivity contribution is 0.0745. The second-order valence-corrected chi connectivity index (χ2v) is 10.5. The minimum atomic E-state index is -0.607. The molecular weight excluding hydrogens is 485 g/mol. The summed E-state index contributed by atoms with van der Waals surface area (Å²) in [5, 5.41) is 0. The van der Waals surface area contributed by atoms with Crippen molar-refractivity contribution in [3.63, 3.8) is 0 Å². The van der Waals surface area contributed by atoms with E-state index in [-0.39, 0.29) is 29.7 Å². The maximum atomic E-state index is 13.5. The molecule has 1 amide bonds. The fraction of sp³-hybridized carbons (Fsp3) is 0.321. The predicted molar refractivity (Wildman–Crippen MR) is 138 cm³/mol. The quantitative estimate of drug-likeness (QED) is 0.403. The van der Waals surface area contributed by atoms with Gasteiger partial charge in [0.05, 0.1) is 11.4 Å². The molecule has 6 rings (SSSR count). The number of likely N-dealkylation sites (tertiary alicyclic amines) is 1. The Morgan fingerprint density at radius 2 is 1.79 bits per heavy atom. The van der Waals surface area contributed by atoms with Crippen LogP contribution in [0.15, 0.2) is 54.9 Å². The van der Waals surface area contributed by atoms with E-state index in [0.717, 1.165) is 11.1 Å². The summed E-state index contributed by atoms with van der Waals surface area (Å²) in [6.45, 7) is 6.83. The Morgan fingerprint density at radius 3 is 2.45 bits per heavy atom. The largest absolute Gasteiger partial charge is 0.474 e. The third-order valence-corrected chi connectivity index (χ3v) is 7.22. The number of imidazole rings is 1. The Balaban J connectivity index is 1.16. The maximum absolute atomic E-state index is 13.5. The van der Waals surface area contributed by atoms with Gasteiger partial charge in [0.25, 0.3) is 5.91 Å². The van der Waals surface area contributed by atoms with Gasteiger partial charge >= 0.3 is 0 Å². The van der Waals surface area contributed by atoms with Crippen LogP contribution in [0.25, 0.3) is 22.9 Å². The van der Waals surface area contributed by atoms with Crippen LogP contribution in [0.1, 0.15) is 35.6 Å². The van der Waals surface area contributed by atoms with Crippen molar-refractivity contribution in [2.24, 2.45) is 17.6 Å². The lowest BCUT2D eigenvalue weighted by Crippen LogP contribution is -2.34. The number of ether oxygens (including phenoxy) is 1. The average Bonchev–Trinajstić information content (AvgIpc) is 3.22. The highest BCUT2D eigenvalue weighted by molar-refractivity contribution is 5.94. The minimum absolute atomic E-state index is 0.0279. The van der Waals surface area contributed by atoms with Crippen LogP contribution in [0.4, 0.5) is 4.39 Å². The summed E-state index contributed by atoms with van der Waals surface area (Å²) in [5.41, 5.74) is 9.18. The molecule has 1 aliphatic carbocycles. The molecule has 3 aromatic heterocycles. The highest BCUT2D eigenvalue weighted by Crippen LogP contribution is 2.48. The normalized spacial score (nSPS) is 20.3. The fourth-order valence-electron chi connectivity index (χ4n) is 5.01. The van der Waals surface area contributed by atoms with E-state index < -0.39 is 5.54 Å². The number of aromatic amines is 1. The topological polar surface area (TPSA) is 123 Å². The van der Waals surface area contributed by atoms with E-state index in [1.54, 1.807) is 37.5 Å². The van der Waals surface area contributed by atoms with Gasteiger partial charge in [0.1, 0.15) is 17.6 Å². The number of fused-ring (bicyclic) bond motifs is 1. The first kappa shape index (κ1) is 24.2. The van der Waals surface area contributed by atoms with E-state index in [2.05, 4.69) is 19.9 Å². The van der Waals surface area contributed by atoms with Crippen molar-refractivity contribution in [3.05, 3.63) is 77.6 Å². The minimum Gasteiger partial charge on any atom is -0.474 e. The lowest BCUT2D eigenvalue weighted by atomic mass is 9.95. The molecule has 1 saturated heterocycles. The number of nitrogens with two attached hydrogens (primary N) is 1. The molecule has 1 unspecified atom stereocenters. The van der Waals surface area contributed by atoms with Crippen molar-refractivity contribution < 1.29 is 13.9 Å². The number of hydrogen-bond donors (Lipinski definition) is 2. The van der Waals surface area contributed by atoms with Crippen LogP contribution in [0.2, 0.25) is 0 Å². The van der Waals surface area contributed by atoms with Gasteiger partial charge in [-0.25, -0.2) is 24.3 Å². The molecule has 2 aliphatic rings. The number of nitrogens with zero attached hydrogens (tertiary/aromatic N) is 5. The van der Waals surface area contributed by atoms with Gasteiger partial charge in [0, 0.05) is 54.5 Å². The number of carbonyl (C=O) groups excluding carboxylic acids is 1. The molecule has 1 aliphatic heterocycles. The van der Waals surface area contributed by atoms with E-state index in [1.165, 1.54) is 12.1 Å². The lowest BCUT2D eigenvalue weighted by Gasteiger charge is -2.22. The number of rotatable bonds is 6. The Morgan fingerprint density at radius 1 is 1.11 bits per heavy atom. The van der Waals surface area contributed by atoms with Crippen molar-refractivity contribution >= 4 is 5.91 Å². The number of carbonyl (C=O) groups is 1. The molecular formula is C28H28FN7O2. The van der Waals surface area contributed by atoms with Crippen LogP contribution in [-0.4, -0.2) is 54.9 Å². The monoisotopic (exact) mass is 513 g/mol. The third kappa shape index (κ3) is 4.51. The number of pyridine rings is 1. The maximum Gasteiger partial charge on any atom is 0.272 e. The number of halogens is 1. The molecule has 38 heavy (non-hydrogen) atoms. The zero-order valence-corrected chi connectivity index (χ0v) is 21.4. The number of nitrogens with one attached hydrogen (secondary N) is 1. The van der Waals surface area contributed by atoms with Gasteiger partial charge in [-0.05, 0) is 62.7 Å². The third-order valence-electron chi connectivity index (χ3n) is 7.22. The number of amides is 1. The van der Waals surface area contributed by atoms with Crippen LogP contribution in [-0.2, 0) is 5.54 Å². The highest BCUT2D eigenvalue weighted by atomic mass is 19.1. The Kier molecular flexibility index (Phi) is 5.71. The van der Waals surface area contributed by atoms with Crippen molar-refractivity contribution in [2.75, 3.05) is 13.1 Å². The molecule has 10 heteroatoms.